The summed E-state index contributed by atoms with van der Waals surface area (Å²) in [6.45, 7) is 14.7. The van der Waals surface area contributed by atoms with E-state index >= 15 is 0 Å². The summed E-state index contributed by atoms with van der Waals surface area (Å²) in [7, 11) is -4.18. The Morgan fingerprint density at radius 2 is 1.26 bits per heavy atom. The van der Waals surface area contributed by atoms with Gasteiger partial charge in [-0.05, 0) is 65.1 Å². The van der Waals surface area contributed by atoms with Crippen LogP contribution in [-0.4, -0.2) is 26.2 Å². The normalized spacial score (nSPS) is 13.6. The van der Waals surface area contributed by atoms with Gasteiger partial charge in [0.2, 0.25) is 0 Å². The van der Waals surface area contributed by atoms with E-state index in [1.807, 2.05) is 12.1 Å². The molecule has 1 unspecified atom stereocenters. The molecule has 5 nitrogen and oxygen atoms in total. The summed E-state index contributed by atoms with van der Waals surface area (Å²) < 4.78 is 42.5. The molecule has 0 bridgehead atoms. The van der Waals surface area contributed by atoms with E-state index in [1.54, 1.807) is 0 Å². The van der Waals surface area contributed by atoms with Crippen LogP contribution in [0.25, 0.3) is 0 Å². The van der Waals surface area contributed by atoms with Crippen molar-refractivity contribution in [1.82, 2.24) is 0 Å². The Kier molecular flexibility index (Phi) is 8.17. The largest absolute Gasteiger partial charge is 0.493 e. The third-order valence-electron chi connectivity index (χ3n) is 5.09. The topological polar surface area (TPSA) is 72.8 Å². The molecule has 0 amide bonds. The van der Waals surface area contributed by atoms with Crippen LogP contribution >= 0.6 is 0 Å². The average molecular weight is 449 g/mol. The maximum Gasteiger partial charge on any atom is 0.294 e. The molecule has 0 aliphatic rings. The molecule has 172 valence electrons. The molecule has 0 aliphatic heterocycles. The SMILES string of the molecule is CC(C)(C)CC(c1ccc(OCCCOc2ccc(S(=O)(=O)O)cc2)cc1)C(C)(C)C. The van der Waals surface area contributed by atoms with Crippen LogP contribution in [0.4, 0.5) is 0 Å². The summed E-state index contributed by atoms with van der Waals surface area (Å²) in [6, 6.07) is 14.1. The molecule has 0 radical (unpaired) electrons. The molecule has 6 heteroatoms. The van der Waals surface area contributed by atoms with Crippen LogP contribution in [0.2, 0.25) is 0 Å². The Balaban J connectivity index is 1.83. The fourth-order valence-electron chi connectivity index (χ4n) is 3.48. The Hall–Kier alpha value is -2.05. The fourth-order valence-corrected chi connectivity index (χ4v) is 3.96. The van der Waals surface area contributed by atoms with E-state index < -0.39 is 10.1 Å². The van der Waals surface area contributed by atoms with Crippen LogP contribution < -0.4 is 9.47 Å². The zero-order valence-corrected chi connectivity index (χ0v) is 20.3. The number of hydrogen-bond donors (Lipinski definition) is 1. The Morgan fingerprint density at radius 1 is 0.806 bits per heavy atom. The van der Waals surface area contributed by atoms with Crippen LogP contribution in [0, 0.1) is 10.8 Å². The average Bonchev–Trinajstić information content (AvgIpc) is 2.65. The van der Waals surface area contributed by atoms with E-state index in [2.05, 4.69) is 53.7 Å². The molecule has 0 aromatic heterocycles. The quantitative estimate of drug-likeness (QED) is 0.357. The van der Waals surface area contributed by atoms with Crippen molar-refractivity contribution < 1.29 is 22.4 Å². The van der Waals surface area contributed by atoms with Gasteiger partial charge in [0.15, 0.2) is 0 Å². The summed E-state index contributed by atoms with van der Waals surface area (Å²) in [5.74, 6) is 1.86. The van der Waals surface area contributed by atoms with Crippen LogP contribution in [0.5, 0.6) is 11.5 Å². The summed E-state index contributed by atoms with van der Waals surface area (Å²) in [6.07, 6.45) is 1.82. The van der Waals surface area contributed by atoms with Crippen LogP contribution in [0.3, 0.4) is 0 Å². The standard InChI is InChI=1S/C25H36O5S/c1-24(2,3)18-23(25(4,5)6)19-8-10-20(11-9-19)29-16-7-17-30-21-12-14-22(15-13-21)31(26,27)28/h8-15,23H,7,16-18H2,1-6H3,(H,26,27,28). The van der Waals surface area contributed by atoms with Crippen LogP contribution in [0.15, 0.2) is 53.4 Å². The minimum absolute atomic E-state index is 0.150. The first kappa shape index (κ1) is 25.2. The van der Waals surface area contributed by atoms with Crippen molar-refractivity contribution >= 4 is 10.1 Å². The lowest BCUT2D eigenvalue weighted by atomic mass is 9.69. The summed E-state index contributed by atoms with van der Waals surface area (Å²) in [5.41, 5.74) is 1.79. The number of rotatable bonds is 9. The summed E-state index contributed by atoms with van der Waals surface area (Å²) in [4.78, 5) is -0.150. The molecule has 0 heterocycles. The molecule has 1 N–H and O–H groups in total. The van der Waals surface area contributed by atoms with Gasteiger partial charge in [-0.1, -0.05) is 53.7 Å². The first-order valence-electron chi connectivity index (χ1n) is 10.7. The molecule has 2 aromatic carbocycles. The van der Waals surface area contributed by atoms with Gasteiger partial charge in [0.05, 0.1) is 18.1 Å². The van der Waals surface area contributed by atoms with E-state index in [0.29, 0.717) is 31.3 Å². The molecule has 0 saturated heterocycles. The van der Waals surface area contributed by atoms with E-state index in [-0.39, 0.29) is 15.7 Å². The van der Waals surface area contributed by atoms with E-state index in [1.165, 1.54) is 29.8 Å². The molecule has 0 aliphatic carbocycles. The number of ether oxygens (including phenoxy) is 2. The Bertz CT molecular complexity index is 918. The maximum atomic E-state index is 11.0. The molecule has 1 atom stereocenters. The molecule has 0 saturated carbocycles. The molecule has 0 spiro atoms. The minimum Gasteiger partial charge on any atom is -0.493 e. The lowest BCUT2D eigenvalue weighted by Crippen LogP contribution is -2.23. The van der Waals surface area contributed by atoms with Gasteiger partial charge in [-0.15, -0.1) is 0 Å². The number of hydrogen-bond acceptors (Lipinski definition) is 4. The lowest BCUT2D eigenvalue weighted by Gasteiger charge is -2.36. The minimum atomic E-state index is -4.18. The predicted octanol–water partition coefficient (Wildman–Crippen LogP) is 6.35. The predicted molar refractivity (Wildman–Crippen MR) is 125 cm³/mol. The van der Waals surface area contributed by atoms with Gasteiger partial charge in [0.25, 0.3) is 10.1 Å². The van der Waals surface area contributed by atoms with Crippen molar-refractivity contribution in [2.24, 2.45) is 10.8 Å². The first-order valence-corrected chi connectivity index (χ1v) is 12.1. The molecular weight excluding hydrogens is 412 g/mol. The zero-order valence-electron chi connectivity index (χ0n) is 19.5. The van der Waals surface area contributed by atoms with Gasteiger partial charge in [0.1, 0.15) is 11.5 Å². The zero-order chi connectivity index (χ0) is 23.3. The van der Waals surface area contributed by atoms with Crippen molar-refractivity contribution in [2.75, 3.05) is 13.2 Å². The van der Waals surface area contributed by atoms with Gasteiger partial charge in [0, 0.05) is 6.42 Å². The van der Waals surface area contributed by atoms with Crippen molar-refractivity contribution in [3.63, 3.8) is 0 Å². The first-order chi connectivity index (χ1) is 14.3. The molecule has 2 rings (SSSR count). The van der Waals surface area contributed by atoms with Gasteiger partial charge in [-0.2, -0.15) is 8.42 Å². The van der Waals surface area contributed by atoms with Crippen LogP contribution in [0.1, 0.15) is 65.9 Å². The van der Waals surface area contributed by atoms with Gasteiger partial charge in [-0.25, -0.2) is 0 Å². The second-order valence-corrected chi connectivity index (χ2v) is 11.7. The molecule has 31 heavy (non-hydrogen) atoms. The highest BCUT2D eigenvalue weighted by atomic mass is 32.2. The second-order valence-electron chi connectivity index (χ2n) is 10.2. The second kappa shape index (κ2) is 10.0. The van der Waals surface area contributed by atoms with E-state index in [9.17, 15) is 8.42 Å². The van der Waals surface area contributed by atoms with Crippen LogP contribution in [-0.2, 0) is 10.1 Å². The van der Waals surface area contributed by atoms with Gasteiger partial charge in [-0.3, -0.25) is 4.55 Å². The van der Waals surface area contributed by atoms with Crippen molar-refractivity contribution in [3.8, 4) is 11.5 Å². The smallest absolute Gasteiger partial charge is 0.294 e. The summed E-state index contributed by atoms with van der Waals surface area (Å²) in [5, 5.41) is 0. The maximum absolute atomic E-state index is 11.0. The lowest BCUT2D eigenvalue weighted by molar-refractivity contribution is 0.228. The van der Waals surface area contributed by atoms with Crippen molar-refractivity contribution in [3.05, 3.63) is 54.1 Å². The third-order valence-corrected chi connectivity index (χ3v) is 5.96. The van der Waals surface area contributed by atoms with E-state index in [0.717, 1.165) is 12.2 Å². The van der Waals surface area contributed by atoms with Crippen molar-refractivity contribution in [1.29, 1.82) is 0 Å². The number of benzene rings is 2. The van der Waals surface area contributed by atoms with Crippen molar-refractivity contribution in [2.45, 2.75) is 65.2 Å². The highest BCUT2D eigenvalue weighted by Gasteiger charge is 2.30. The van der Waals surface area contributed by atoms with E-state index in [4.69, 9.17) is 14.0 Å². The van der Waals surface area contributed by atoms with Gasteiger partial charge >= 0.3 is 0 Å². The Morgan fingerprint density at radius 3 is 1.65 bits per heavy atom. The molecule has 0 fully saturated rings. The van der Waals surface area contributed by atoms with Gasteiger partial charge < -0.3 is 9.47 Å². The molecule has 2 aromatic rings. The highest BCUT2D eigenvalue weighted by Crippen LogP contribution is 2.43. The fraction of sp³-hybridized carbons (Fsp3) is 0.520. The Labute approximate surface area is 187 Å². The molecular formula is C25H36O5S. The summed E-state index contributed by atoms with van der Waals surface area (Å²) >= 11 is 0. The monoisotopic (exact) mass is 448 g/mol. The third kappa shape index (κ3) is 8.54. The highest BCUT2D eigenvalue weighted by molar-refractivity contribution is 7.85.